The molecule has 6 nitrogen and oxygen atoms in total. The lowest BCUT2D eigenvalue weighted by atomic mass is 10.1. The van der Waals surface area contributed by atoms with Crippen LogP contribution in [0.25, 0.3) is 0 Å². The molecule has 0 saturated carbocycles. The maximum absolute atomic E-state index is 11.8. The number of carbonyl (C=O) groups excluding carboxylic acids is 1. The van der Waals surface area contributed by atoms with E-state index in [1.54, 1.807) is 14.0 Å². The first-order chi connectivity index (χ1) is 9.84. The molecule has 1 aromatic carbocycles. The second kappa shape index (κ2) is 8.33. The van der Waals surface area contributed by atoms with E-state index >= 15 is 0 Å². The Kier molecular flexibility index (Phi) is 7.10. The van der Waals surface area contributed by atoms with Gasteiger partial charge in [0.1, 0.15) is 6.61 Å². The van der Waals surface area contributed by atoms with Gasteiger partial charge in [-0.25, -0.2) is 13.2 Å². The molecule has 0 amide bonds. The van der Waals surface area contributed by atoms with Gasteiger partial charge in [-0.2, -0.15) is 0 Å². The molecule has 8 heteroatoms. The summed E-state index contributed by atoms with van der Waals surface area (Å²) in [6, 6.07) is 4.09. The predicted molar refractivity (Wildman–Crippen MR) is 77.2 cm³/mol. The van der Waals surface area contributed by atoms with Crippen LogP contribution in [0.15, 0.2) is 23.1 Å². The molecule has 0 aliphatic heterocycles. The predicted octanol–water partition coefficient (Wildman–Crippen LogP) is 1.74. The summed E-state index contributed by atoms with van der Waals surface area (Å²) >= 11 is 0. The zero-order valence-electron chi connectivity index (χ0n) is 11.8. The molecule has 1 rings (SSSR count). The third-order valence-electron chi connectivity index (χ3n) is 2.46. The van der Waals surface area contributed by atoms with E-state index in [4.69, 9.17) is 24.9 Å². The lowest BCUT2D eigenvalue weighted by Gasteiger charge is -2.07. The van der Waals surface area contributed by atoms with Gasteiger partial charge in [-0.3, -0.25) is 0 Å². The van der Waals surface area contributed by atoms with E-state index < -0.39 is 15.0 Å². The minimum absolute atomic E-state index is 0.0689. The quantitative estimate of drug-likeness (QED) is 0.409. The van der Waals surface area contributed by atoms with Gasteiger partial charge in [0.25, 0.3) is 9.05 Å². The van der Waals surface area contributed by atoms with E-state index in [9.17, 15) is 13.2 Å². The molecule has 0 spiro atoms. The fourth-order valence-corrected chi connectivity index (χ4v) is 2.39. The molecule has 0 atom stereocenters. The van der Waals surface area contributed by atoms with Gasteiger partial charge >= 0.3 is 5.97 Å². The minimum Gasteiger partial charge on any atom is -0.460 e. The number of benzene rings is 1. The fourth-order valence-electron chi connectivity index (χ4n) is 1.53. The van der Waals surface area contributed by atoms with E-state index in [1.165, 1.54) is 18.2 Å². The Balaban J connectivity index is 2.60. The van der Waals surface area contributed by atoms with E-state index in [-0.39, 0.29) is 23.7 Å². The van der Waals surface area contributed by atoms with Gasteiger partial charge in [0.15, 0.2) is 0 Å². The molecule has 0 saturated heterocycles. The summed E-state index contributed by atoms with van der Waals surface area (Å²) in [5.74, 6) is -0.629. The Morgan fingerprint density at radius 1 is 1.14 bits per heavy atom. The van der Waals surface area contributed by atoms with E-state index in [0.717, 1.165) is 0 Å². The van der Waals surface area contributed by atoms with Crippen LogP contribution in [0.5, 0.6) is 0 Å². The highest BCUT2D eigenvalue weighted by Crippen LogP contribution is 2.19. The topological polar surface area (TPSA) is 78.9 Å². The third-order valence-corrected chi connectivity index (χ3v) is 3.79. The van der Waals surface area contributed by atoms with Crippen molar-refractivity contribution < 1.29 is 27.4 Å². The van der Waals surface area contributed by atoms with Gasteiger partial charge < -0.3 is 14.2 Å². The standard InChI is InChI=1S/C13H17ClO6S/c1-10-7-11(9-12(8-10)21(14,16)17)13(15)20-6-5-19-4-3-18-2/h7-9H,3-6H2,1-2H3. The van der Waals surface area contributed by atoms with Crippen molar-refractivity contribution in [3.05, 3.63) is 29.3 Å². The van der Waals surface area contributed by atoms with Crippen LogP contribution in [0.2, 0.25) is 0 Å². The molecule has 1 aromatic rings. The van der Waals surface area contributed by atoms with Crippen molar-refractivity contribution in [2.45, 2.75) is 11.8 Å². The molecule has 0 bridgehead atoms. The van der Waals surface area contributed by atoms with Crippen LogP contribution in [0, 0.1) is 6.92 Å². The van der Waals surface area contributed by atoms with Crippen molar-refractivity contribution in [2.24, 2.45) is 0 Å². The first-order valence-electron chi connectivity index (χ1n) is 6.15. The fraction of sp³-hybridized carbons (Fsp3) is 0.462. The molecule has 0 radical (unpaired) electrons. The summed E-state index contributed by atoms with van der Waals surface area (Å²) in [5.41, 5.74) is 0.728. The summed E-state index contributed by atoms with van der Waals surface area (Å²) in [4.78, 5) is 11.7. The number of methoxy groups -OCH3 is 1. The molecule has 0 aromatic heterocycles. The van der Waals surface area contributed by atoms with Gasteiger partial charge in [-0.15, -0.1) is 0 Å². The van der Waals surface area contributed by atoms with Gasteiger partial charge in [0, 0.05) is 17.8 Å². The lowest BCUT2D eigenvalue weighted by Crippen LogP contribution is -2.13. The molecular formula is C13H17ClO6S. The van der Waals surface area contributed by atoms with Crippen molar-refractivity contribution in [1.29, 1.82) is 0 Å². The van der Waals surface area contributed by atoms with E-state index in [2.05, 4.69) is 0 Å². The third kappa shape index (κ3) is 6.43. The van der Waals surface area contributed by atoms with Crippen LogP contribution >= 0.6 is 10.7 Å². The molecule has 0 aliphatic carbocycles. The molecule has 0 aliphatic rings. The van der Waals surface area contributed by atoms with Gasteiger partial charge in [0.05, 0.1) is 30.3 Å². The van der Waals surface area contributed by atoms with Crippen molar-refractivity contribution in [3.8, 4) is 0 Å². The van der Waals surface area contributed by atoms with E-state index in [1.807, 2.05) is 0 Å². The summed E-state index contributed by atoms with van der Waals surface area (Å²) < 4.78 is 37.5. The van der Waals surface area contributed by atoms with Crippen LogP contribution in [0.1, 0.15) is 15.9 Å². The molecule has 0 N–H and O–H groups in total. The maximum atomic E-state index is 11.8. The maximum Gasteiger partial charge on any atom is 0.338 e. The highest BCUT2D eigenvalue weighted by atomic mass is 35.7. The van der Waals surface area contributed by atoms with Crippen LogP contribution in [-0.2, 0) is 23.3 Å². The first-order valence-corrected chi connectivity index (χ1v) is 8.45. The Bertz CT molecular complexity index is 584. The van der Waals surface area contributed by atoms with Crippen LogP contribution in [0.4, 0.5) is 0 Å². The minimum atomic E-state index is -3.89. The number of aryl methyl sites for hydroxylation is 1. The van der Waals surface area contributed by atoms with Crippen LogP contribution in [-0.4, -0.2) is 47.9 Å². The second-order valence-corrected chi connectivity index (χ2v) is 6.78. The van der Waals surface area contributed by atoms with Crippen molar-refractivity contribution in [3.63, 3.8) is 0 Å². The van der Waals surface area contributed by atoms with Crippen LogP contribution < -0.4 is 0 Å². The monoisotopic (exact) mass is 336 g/mol. The molecular weight excluding hydrogens is 320 g/mol. The molecule has 21 heavy (non-hydrogen) atoms. The van der Waals surface area contributed by atoms with Crippen molar-refractivity contribution in [2.75, 3.05) is 33.5 Å². The van der Waals surface area contributed by atoms with Crippen LogP contribution in [0.3, 0.4) is 0 Å². The van der Waals surface area contributed by atoms with Gasteiger partial charge in [-0.1, -0.05) is 0 Å². The SMILES string of the molecule is COCCOCCOC(=O)c1cc(C)cc(S(=O)(=O)Cl)c1. The zero-order chi connectivity index (χ0) is 15.9. The summed E-state index contributed by atoms with van der Waals surface area (Å²) in [6.45, 7) is 2.84. The number of carbonyl (C=O) groups is 1. The number of esters is 1. The van der Waals surface area contributed by atoms with Gasteiger partial charge in [-0.05, 0) is 30.7 Å². The summed E-state index contributed by atoms with van der Waals surface area (Å²) in [6.07, 6.45) is 0. The highest BCUT2D eigenvalue weighted by molar-refractivity contribution is 8.13. The Morgan fingerprint density at radius 2 is 1.81 bits per heavy atom. The Morgan fingerprint density at radius 3 is 2.43 bits per heavy atom. The molecule has 0 unspecified atom stereocenters. The average Bonchev–Trinajstić information content (AvgIpc) is 2.40. The number of ether oxygens (including phenoxy) is 3. The summed E-state index contributed by atoms with van der Waals surface area (Å²) in [5, 5.41) is 0. The molecule has 0 fully saturated rings. The number of halogens is 1. The van der Waals surface area contributed by atoms with E-state index in [0.29, 0.717) is 18.8 Å². The Hall–Kier alpha value is -1.15. The largest absolute Gasteiger partial charge is 0.460 e. The normalized spacial score (nSPS) is 11.4. The number of hydrogen-bond acceptors (Lipinski definition) is 6. The number of rotatable bonds is 8. The zero-order valence-corrected chi connectivity index (χ0v) is 13.4. The molecule has 0 heterocycles. The highest BCUT2D eigenvalue weighted by Gasteiger charge is 2.15. The smallest absolute Gasteiger partial charge is 0.338 e. The van der Waals surface area contributed by atoms with Crippen molar-refractivity contribution >= 4 is 25.7 Å². The van der Waals surface area contributed by atoms with Gasteiger partial charge in [0.2, 0.25) is 0 Å². The lowest BCUT2D eigenvalue weighted by molar-refractivity contribution is 0.0213. The van der Waals surface area contributed by atoms with Crippen molar-refractivity contribution in [1.82, 2.24) is 0 Å². The summed E-state index contributed by atoms with van der Waals surface area (Å²) in [7, 11) is 2.94. The first kappa shape index (κ1) is 17.9. The number of hydrogen-bond donors (Lipinski definition) is 0. The second-order valence-electron chi connectivity index (χ2n) is 4.21. The average molecular weight is 337 g/mol. The Labute approximate surface area is 128 Å². The molecule has 118 valence electrons.